The molecule has 0 fully saturated rings. The Morgan fingerprint density at radius 1 is 1.00 bits per heavy atom. The number of benzene rings is 2. The van der Waals surface area contributed by atoms with E-state index in [-0.39, 0.29) is 5.91 Å². The van der Waals surface area contributed by atoms with Crippen LogP contribution >= 0.6 is 0 Å². The van der Waals surface area contributed by atoms with Gasteiger partial charge < -0.3 is 15.8 Å². The lowest BCUT2D eigenvalue weighted by Crippen LogP contribution is -2.12. The lowest BCUT2D eigenvalue weighted by Gasteiger charge is -2.13. The Bertz CT molecular complexity index is 1240. The van der Waals surface area contributed by atoms with Crippen LogP contribution in [0.25, 0.3) is 11.3 Å². The minimum atomic E-state index is -0.257. The second-order valence-electron chi connectivity index (χ2n) is 7.54. The predicted molar refractivity (Wildman–Crippen MR) is 125 cm³/mol. The first-order valence-electron chi connectivity index (χ1n) is 10.2. The standard InChI is InChI=1S/C25H23N5O2/c1-16(2)17-5-3-6-19(13-17)30-24(31)18-8-9-21(26)23(14-18)32-25-20(7-4-11-28-25)22-10-12-27-15-29-22/h3-16H,26H2,1-2H3,(H,30,31). The molecule has 0 spiro atoms. The molecule has 160 valence electrons. The molecule has 4 rings (SSSR count). The monoisotopic (exact) mass is 425 g/mol. The van der Waals surface area contributed by atoms with Gasteiger partial charge >= 0.3 is 0 Å². The Hall–Kier alpha value is -4.26. The molecule has 7 heteroatoms. The van der Waals surface area contributed by atoms with Gasteiger partial charge in [-0.1, -0.05) is 26.0 Å². The summed E-state index contributed by atoms with van der Waals surface area (Å²) in [5.41, 5.74) is 10.2. The summed E-state index contributed by atoms with van der Waals surface area (Å²) in [4.78, 5) is 25.4. The summed E-state index contributed by atoms with van der Waals surface area (Å²) < 4.78 is 6.01. The number of hydrogen-bond acceptors (Lipinski definition) is 6. The quantitative estimate of drug-likeness (QED) is 0.407. The summed E-state index contributed by atoms with van der Waals surface area (Å²) in [6.07, 6.45) is 4.72. The van der Waals surface area contributed by atoms with Crippen molar-refractivity contribution in [1.29, 1.82) is 0 Å². The Balaban J connectivity index is 1.59. The summed E-state index contributed by atoms with van der Waals surface area (Å²) in [5, 5.41) is 2.93. The first-order chi connectivity index (χ1) is 15.5. The van der Waals surface area contributed by atoms with Gasteiger partial charge in [0.15, 0.2) is 5.75 Å². The van der Waals surface area contributed by atoms with Gasteiger partial charge in [-0.3, -0.25) is 4.79 Å². The van der Waals surface area contributed by atoms with Gasteiger partial charge in [-0.15, -0.1) is 0 Å². The molecule has 32 heavy (non-hydrogen) atoms. The number of ether oxygens (including phenoxy) is 1. The lowest BCUT2D eigenvalue weighted by molar-refractivity contribution is 0.102. The highest BCUT2D eigenvalue weighted by molar-refractivity contribution is 6.04. The van der Waals surface area contributed by atoms with Crippen LogP contribution in [0.15, 0.2) is 79.4 Å². The van der Waals surface area contributed by atoms with Crippen LogP contribution in [0, 0.1) is 0 Å². The van der Waals surface area contributed by atoms with Crippen LogP contribution in [0.4, 0.5) is 11.4 Å². The van der Waals surface area contributed by atoms with Crippen molar-refractivity contribution in [3.8, 4) is 22.9 Å². The molecule has 0 saturated carbocycles. The molecule has 0 atom stereocenters. The molecule has 0 bridgehead atoms. The van der Waals surface area contributed by atoms with Gasteiger partial charge in [0.1, 0.15) is 6.33 Å². The molecule has 0 saturated heterocycles. The number of aromatic nitrogens is 3. The molecule has 0 unspecified atom stereocenters. The summed E-state index contributed by atoms with van der Waals surface area (Å²) in [6, 6.07) is 18.1. The van der Waals surface area contributed by atoms with Gasteiger partial charge in [0, 0.05) is 23.6 Å². The number of anilines is 2. The normalized spacial score (nSPS) is 10.7. The fourth-order valence-electron chi connectivity index (χ4n) is 3.16. The van der Waals surface area contributed by atoms with Crippen molar-refractivity contribution < 1.29 is 9.53 Å². The largest absolute Gasteiger partial charge is 0.436 e. The van der Waals surface area contributed by atoms with Gasteiger partial charge in [-0.2, -0.15) is 0 Å². The summed E-state index contributed by atoms with van der Waals surface area (Å²) in [7, 11) is 0. The van der Waals surface area contributed by atoms with Gasteiger partial charge in [-0.05, 0) is 60.0 Å². The van der Waals surface area contributed by atoms with Gasteiger partial charge in [0.2, 0.25) is 5.88 Å². The second-order valence-corrected chi connectivity index (χ2v) is 7.54. The van der Waals surface area contributed by atoms with Crippen LogP contribution < -0.4 is 15.8 Å². The number of nitrogens with two attached hydrogens (primary N) is 1. The van der Waals surface area contributed by atoms with Crippen LogP contribution in [-0.4, -0.2) is 20.9 Å². The first-order valence-corrected chi connectivity index (χ1v) is 10.2. The smallest absolute Gasteiger partial charge is 0.255 e. The van der Waals surface area contributed by atoms with Crippen molar-refractivity contribution in [2.24, 2.45) is 0 Å². The molecule has 2 aromatic carbocycles. The number of amides is 1. The van der Waals surface area contributed by atoms with Gasteiger partial charge in [0.05, 0.1) is 16.9 Å². The van der Waals surface area contributed by atoms with Gasteiger partial charge in [-0.25, -0.2) is 15.0 Å². The topological polar surface area (TPSA) is 103 Å². The maximum atomic E-state index is 12.9. The van der Waals surface area contributed by atoms with Crippen molar-refractivity contribution >= 4 is 17.3 Å². The van der Waals surface area contributed by atoms with E-state index in [9.17, 15) is 4.79 Å². The molecular weight excluding hydrogens is 402 g/mol. The van der Waals surface area contributed by atoms with E-state index in [4.69, 9.17) is 10.5 Å². The summed E-state index contributed by atoms with van der Waals surface area (Å²) >= 11 is 0. The van der Waals surface area contributed by atoms with E-state index >= 15 is 0 Å². The van der Waals surface area contributed by atoms with E-state index in [0.29, 0.717) is 40.1 Å². The van der Waals surface area contributed by atoms with E-state index in [0.717, 1.165) is 11.3 Å². The highest BCUT2D eigenvalue weighted by Crippen LogP contribution is 2.33. The summed E-state index contributed by atoms with van der Waals surface area (Å²) in [5.74, 6) is 0.779. The maximum Gasteiger partial charge on any atom is 0.255 e. The zero-order valence-electron chi connectivity index (χ0n) is 17.8. The van der Waals surface area contributed by atoms with Crippen LogP contribution in [0.3, 0.4) is 0 Å². The highest BCUT2D eigenvalue weighted by Gasteiger charge is 2.14. The van der Waals surface area contributed by atoms with Crippen molar-refractivity contribution in [2.45, 2.75) is 19.8 Å². The summed E-state index contributed by atoms with van der Waals surface area (Å²) in [6.45, 7) is 4.22. The SMILES string of the molecule is CC(C)c1cccc(NC(=O)c2ccc(N)c(Oc3ncccc3-c3ccncn3)c2)c1. The van der Waals surface area contributed by atoms with E-state index in [1.165, 1.54) is 6.33 Å². The number of nitrogens with one attached hydrogen (secondary N) is 1. The zero-order chi connectivity index (χ0) is 22.5. The molecular formula is C25H23N5O2. The first kappa shape index (κ1) is 21.0. The Morgan fingerprint density at radius 2 is 1.88 bits per heavy atom. The number of carbonyl (C=O) groups excluding carboxylic acids is 1. The molecule has 0 aliphatic rings. The minimum absolute atomic E-state index is 0.257. The Kier molecular flexibility index (Phi) is 6.07. The fourth-order valence-corrected chi connectivity index (χ4v) is 3.16. The maximum absolute atomic E-state index is 12.9. The average molecular weight is 425 g/mol. The number of pyridine rings is 1. The highest BCUT2D eigenvalue weighted by atomic mass is 16.5. The molecule has 2 heterocycles. The third kappa shape index (κ3) is 4.73. The van der Waals surface area contributed by atoms with E-state index in [2.05, 4.69) is 34.1 Å². The van der Waals surface area contributed by atoms with Crippen molar-refractivity contribution in [2.75, 3.05) is 11.1 Å². The molecule has 0 radical (unpaired) electrons. The molecule has 1 amide bonds. The van der Waals surface area contributed by atoms with E-state index in [1.807, 2.05) is 30.3 Å². The molecule has 0 aliphatic carbocycles. The van der Waals surface area contributed by atoms with Crippen molar-refractivity contribution in [3.63, 3.8) is 0 Å². The molecule has 7 nitrogen and oxygen atoms in total. The molecule has 2 aromatic heterocycles. The number of rotatable bonds is 6. The Morgan fingerprint density at radius 3 is 2.66 bits per heavy atom. The second kappa shape index (κ2) is 9.26. The third-order valence-electron chi connectivity index (χ3n) is 4.92. The Labute approximate surface area is 186 Å². The average Bonchev–Trinajstić information content (AvgIpc) is 2.81. The lowest BCUT2D eigenvalue weighted by atomic mass is 10.0. The van der Waals surface area contributed by atoms with Crippen LogP contribution in [-0.2, 0) is 0 Å². The predicted octanol–water partition coefficient (Wildman–Crippen LogP) is 5.29. The zero-order valence-corrected chi connectivity index (χ0v) is 17.8. The number of nitrogen functional groups attached to an aromatic ring is 1. The minimum Gasteiger partial charge on any atom is -0.436 e. The van der Waals surface area contributed by atoms with Crippen LogP contribution in [0.2, 0.25) is 0 Å². The fraction of sp³-hybridized carbons (Fsp3) is 0.120. The number of carbonyl (C=O) groups is 1. The number of hydrogen-bond donors (Lipinski definition) is 2. The van der Waals surface area contributed by atoms with Gasteiger partial charge in [0.25, 0.3) is 5.91 Å². The number of nitrogens with zero attached hydrogens (tertiary/aromatic N) is 3. The van der Waals surface area contributed by atoms with Crippen molar-refractivity contribution in [3.05, 3.63) is 90.5 Å². The van der Waals surface area contributed by atoms with E-state index < -0.39 is 0 Å². The molecule has 4 aromatic rings. The third-order valence-corrected chi connectivity index (χ3v) is 4.92. The van der Waals surface area contributed by atoms with Crippen molar-refractivity contribution in [1.82, 2.24) is 15.0 Å². The molecule has 3 N–H and O–H groups in total. The van der Waals surface area contributed by atoms with E-state index in [1.54, 1.807) is 42.7 Å². The van der Waals surface area contributed by atoms with Crippen LogP contribution in [0.1, 0.15) is 35.7 Å². The molecule has 0 aliphatic heterocycles. The van der Waals surface area contributed by atoms with Crippen LogP contribution in [0.5, 0.6) is 11.6 Å².